The SMILES string of the molecule is COc1cc(C(=O)c2nc(Cl)c3ccccc3n2)cc(OC)c1OC. The van der Waals surface area contributed by atoms with Crippen LogP contribution in [0.3, 0.4) is 0 Å². The number of carbonyl (C=O) groups excluding carboxylic acids is 1. The topological polar surface area (TPSA) is 70.5 Å². The van der Waals surface area contributed by atoms with Gasteiger partial charge in [0.15, 0.2) is 11.5 Å². The largest absolute Gasteiger partial charge is 0.493 e. The van der Waals surface area contributed by atoms with Gasteiger partial charge in [0, 0.05) is 10.9 Å². The molecule has 0 saturated heterocycles. The Labute approximate surface area is 149 Å². The summed E-state index contributed by atoms with van der Waals surface area (Å²) < 4.78 is 15.8. The van der Waals surface area contributed by atoms with Gasteiger partial charge in [0.2, 0.25) is 17.4 Å². The van der Waals surface area contributed by atoms with E-state index in [0.717, 1.165) is 0 Å². The van der Waals surface area contributed by atoms with Crippen molar-refractivity contribution in [3.05, 3.63) is 52.9 Å². The average molecular weight is 359 g/mol. The number of hydrogen-bond donors (Lipinski definition) is 0. The van der Waals surface area contributed by atoms with Gasteiger partial charge in [-0.2, -0.15) is 0 Å². The second-order valence-corrected chi connectivity index (χ2v) is 5.46. The third-order valence-corrected chi connectivity index (χ3v) is 3.97. The number of ether oxygens (including phenoxy) is 3. The fraction of sp³-hybridized carbons (Fsp3) is 0.167. The van der Waals surface area contributed by atoms with Gasteiger partial charge < -0.3 is 14.2 Å². The second kappa shape index (κ2) is 6.94. The standard InChI is InChI=1S/C18H15ClN2O4/c1-23-13-8-10(9-14(24-2)16(13)25-3)15(22)18-20-12-7-5-4-6-11(12)17(19)21-18/h4-9H,1-3H3. The number of methoxy groups -OCH3 is 3. The molecular formula is C18H15ClN2O4. The maximum atomic E-state index is 12.8. The van der Waals surface area contributed by atoms with Crippen molar-refractivity contribution >= 4 is 28.3 Å². The molecule has 1 heterocycles. The normalized spacial score (nSPS) is 10.6. The van der Waals surface area contributed by atoms with E-state index in [2.05, 4.69) is 9.97 Å². The van der Waals surface area contributed by atoms with E-state index in [1.165, 1.54) is 21.3 Å². The molecular weight excluding hydrogens is 344 g/mol. The average Bonchev–Trinajstić information content (AvgIpc) is 2.66. The van der Waals surface area contributed by atoms with Crippen LogP contribution in [0.2, 0.25) is 5.15 Å². The lowest BCUT2D eigenvalue weighted by Gasteiger charge is -2.13. The molecule has 7 heteroatoms. The smallest absolute Gasteiger partial charge is 0.230 e. The monoisotopic (exact) mass is 358 g/mol. The number of fused-ring (bicyclic) bond motifs is 1. The van der Waals surface area contributed by atoms with Gasteiger partial charge >= 0.3 is 0 Å². The molecule has 0 aliphatic heterocycles. The van der Waals surface area contributed by atoms with Gasteiger partial charge in [-0.25, -0.2) is 9.97 Å². The number of para-hydroxylation sites is 1. The number of benzene rings is 2. The van der Waals surface area contributed by atoms with E-state index in [-0.39, 0.29) is 11.0 Å². The molecule has 0 atom stereocenters. The summed E-state index contributed by atoms with van der Waals surface area (Å²) in [5.74, 6) is 0.748. The number of ketones is 1. The Kier molecular flexibility index (Phi) is 4.72. The number of carbonyl (C=O) groups is 1. The van der Waals surface area contributed by atoms with Gasteiger partial charge in [-0.1, -0.05) is 23.7 Å². The first-order valence-corrected chi connectivity index (χ1v) is 7.73. The molecule has 1 aromatic heterocycles. The molecule has 0 amide bonds. The highest BCUT2D eigenvalue weighted by Crippen LogP contribution is 2.38. The molecule has 0 unspecified atom stereocenters. The highest BCUT2D eigenvalue weighted by atomic mass is 35.5. The van der Waals surface area contributed by atoms with Crippen molar-refractivity contribution < 1.29 is 19.0 Å². The minimum atomic E-state index is -0.396. The van der Waals surface area contributed by atoms with Crippen LogP contribution in [-0.4, -0.2) is 37.1 Å². The molecule has 3 aromatic rings. The van der Waals surface area contributed by atoms with Crippen LogP contribution in [0.1, 0.15) is 16.2 Å². The van der Waals surface area contributed by atoms with E-state index in [0.29, 0.717) is 33.7 Å². The number of halogens is 1. The Balaban J connectivity index is 2.12. The third kappa shape index (κ3) is 3.08. The molecule has 0 saturated carbocycles. The van der Waals surface area contributed by atoms with Gasteiger partial charge in [0.1, 0.15) is 5.15 Å². The number of rotatable bonds is 5. The van der Waals surface area contributed by atoms with Crippen molar-refractivity contribution in [2.24, 2.45) is 0 Å². The van der Waals surface area contributed by atoms with Crippen LogP contribution in [0, 0.1) is 0 Å². The van der Waals surface area contributed by atoms with Gasteiger partial charge in [0.25, 0.3) is 0 Å². The van der Waals surface area contributed by atoms with Crippen molar-refractivity contribution in [3.63, 3.8) is 0 Å². The summed E-state index contributed by atoms with van der Waals surface area (Å²) in [6.07, 6.45) is 0. The summed E-state index contributed by atoms with van der Waals surface area (Å²) in [7, 11) is 4.46. The van der Waals surface area contributed by atoms with E-state index >= 15 is 0 Å². The summed E-state index contributed by atoms with van der Waals surface area (Å²) in [5, 5.41) is 0.909. The van der Waals surface area contributed by atoms with Crippen molar-refractivity contribution in [2.75, 3.05) is 21.3 Å². The predicted octanol–water partition coefficient (Wildman–Crippen LogP) is 3.54. The Bertz CT molecular complexity index is 934. The molecule has 0 spiro atoms. The fourth-order valence-electron chi connectivity index (χ4n) is 2.48. The lowest BCUT2D eigenvalue weighted by Crippen LogP contribution is -2.09. The first kappa shape index (κ1) is 17.0. The lowest BCUT2D eigenvalue weighted by molar-refractivity contribution is 0.102. The van der Waals surface area contributed by atoms with E-state index in [1.807, 2.05) is 12.1 Å². The molecule has 0 N–H and O–H groups in total. The summed E-state index contributed by atoms with van der Waals surface area (Å²) in [6, 6.07) is 10.3. The molecule has 0 aliphatic carbocycles. The zero-order valence-electron chi connectivity index (χ0n) is 13.9. The van der Waals surface area contributed by atoms with E-state index in [4.69, 9.17) is 25.8 Å². The molecule has 25 heavy (non-hydrogen) atoms. The molecule has 0 aliphatic rings. The van der Waals surface area contributed by atoms with Crippen LogP contribution < -0.4 is 14.2 Å². The highest BCUT2D eigenvalue weighted by Gasteiger charge is 2.20. The lowest BCUT2D eigenvalue weighted by atomic mass is 10.1. The van der Waals surface area contributed by atoms with Gasteiger partial charge in [-0.15, -0.1) is 0 Å². The van der Waals surface area contributed by atoms with Crippen molar-refractivity contribution in [2.45, 2.75) is 0 Å². The molecule has 0 radical (unpaired) electrons. The Morgan fingerprint density at radius 1 is 0.960 bits per heavy atom. The third-order valence-electron chi connectivity index (χ3n) is 3.69. The summed E-state index contributed by atoms with van der Waals surface area (Å²) in [5.41, 5.74) is 0.902. The van der Waals surface area contributed by atoms with Crippen molar-refractivity contribution in [3.8, 4) is 17.2 Å². The van der Waals surface area contributed by atoms with Gasteiger partial charge in [-0.05, 0) is 24.3 Å². The maximum Gasteiger partial charge on any atom is 0.230 e. The van der Waals surface area contributed by atoms with Crippen molar-refractivity contribution in [1.29, 1.82) is 0 Å². The molecule has 0 fully saturated rings. The first-order chi connectivity index (χ1) is 12.1. The summed E-state index contributed by atoms with van der Waals surface area (Å²) >= 11 is 6.19. The molecule has 6 nitrogen and oxygen atoms in total. The Hall–Kier alpha value is -2.86. The van der Waals surface area contributed by atoms with Gasteiger partial charge in [-0.3, -0.25) is 4.79 Å². The van der Waals surface area contributed by atoms with Crippen LogP contribution in [0.15, 0.2) is 36.4 Å². The zero-order valence-corrected chi connectivity index (χ0v) is 14.6. The van der Waals surface area contributed by atoms with E-state index in [1.54, 1.807) is 24.3 Å². The number of hydrogen-bond acceptors (Lipinski definition) is 6. The maximum absolute atomic E-state index is 12.8. The minimum absolute atomic E-state index is 0.00188. The number of nitrogens with zero attached hydrogens (tertiary/aromatic N) is 2. The Morgan fingerprint density at radius 2 is 1.60 bits per heavy atom. The summed E-state index contributed by atoms with van der Waals surface area (Å²) in [4.78, 5) is 21.3. The fourth-order valence-corrected chi connectivity index (χ4v) is 2.72. The second-order valence-electron chi connectivity index (χ2n) is 5.10. The van der Waals surface area contributed by atoms with E-state index in [9.17, 15) is 4.79 Å². The first-order valence-electron chi connectivity index (χ1n) is 7.36. The molecule has 128 valence electrons. The van der Waals surface area contributed by atoms with Crippen LogP contribution >= 0.6 is 11.6 Å². The molecule has 3 rings (SSSR count). The van der Waals surface area contributed by atoms with Crippen LogP contribution in [0.5, 0.6) is 17.2 Å². The zero-order chi connectivity index (χ0) is 18.0. The minimum Gasteiger partial charge on any atom is -0.493 e. The Morgan fingerprint density at radius 3 is 2.20 bits per heavy atom. The van der Waals surface area contributed by atoms with Crippen LogP contribution in [-0.2, 0) is 0 Å². The number of aromatic nitrogens is 2. The van der Waals surface area contributed by atoms with Crippen molar-refractivity contribution in [1.82, 2.24) is 9.97 Å². The van der Waals surface area contributed by atoms with E-state index < -0.39 is 5.78 Å². The molecule has 2 aromatic carbocycles. The predicted molar refractivity (Wildman–Crippen MR) is 94.1 cm³/mol. The summed E-state index contributed by atoms with van der Waals surface area (Å²) in [6.45, 7) is 0. The quantitative estimate of drug-likeness (QED) is 0.513. The van der Waals surface area contributed by atoms with Crippen LogP contribution in [0.4, 0.5) is 0 Å². The highest BCUT2D eigenvalue weighted by molar-refractivity contribution is 6.34. The van der Waals surface area contributed by atoms with Gasteiger partial charge in [0.05, 0.1) is 26.8 Å². The molecule has 0 bridgehead atoms. The van der Waals surface area contributed by atoms with Crippen LogP contribution in [0.25, 0.3) is 10.9 Å².